The molecule has 0 aliphatic rings. The van der Waals surface area contributed by atoms with Gasteiger partial charge in [0.2, 0.25) is 0 Å². The van der Waals surface area contributed by atoms with Gasteiger partial charge in [0, 0.05) is 18.9 Å². The van der Waals surface area contributed by atoms with E-state index in [2.05, 4.69) is 4.98 Å². The van der Waals surface area contributed by atoms with Crippen molar-refractivity contribution >= 4 is 5.91 Å². The van der Waals surface area contributed by atoms with E-state index in [1.54, 1.807) is 30.3 Å². The molecule has 4 nitrogen and oxygen atoms in total. The molecule has 2 rings (SSSR count). The lowest BCUT2D eigenvalue weighted by atomic mass is 10.1. The number of pyridine rings is 1. The second-order valence-electron chi connectivity index (χ2n) is 5.10. The van der Waals surface area contributed by atoms with Gasteiger partial charge in [-0.05, 0) is 50.6 Å². The Balaban J connectivity index is 2.36. The summed E-state index contributed by atoms with van der Waals surface area (Å²) in [4.78, 5) is 18.6. The van der Waals surface area contributed by atoms with Gasteiger partial charge in [0.05, 0.1) is 18.2 Å². The molecule has 122 valence electrons. The van der Waals surface area contributed by atoms with Crippen molar-refractivity contribution in [2.75, 3.05) is 13.2 Å². The van der Waals surface area contributed by atoms with Crippen LogP contribution in [-0.4, -0.2) is 28.9 Å². The molecule has 0 aliphatic carbocycles. The first-order chi connectivity index (χ1) is 11.1. The number of ether oxygens (including phenoxy) is 1. The summed E-state index contributed by atoms with van der Waals surface area (Å²) < 4.78 is 19.3. The van der Waals surface area contributed by atoms with Crippen LogP contribution in [0.3, 0.4) is 0 Å². The summed E-state index contributed by atoms with van der Waals surface area (Å²) in [7, 11) is 0. The van der Waals surface area contributed by atoms with Crippen LogP contribution in [0.2, 0.25) is 0 Å². The molecule has 2 aromatic rings. The van der Waals surface area contributed by atoms with Crippen molar-refractivity contribution in [3.63, 3.8) is 0 Å². The summed E-state index contributed by atoms with van der Waals surface area (Å²) in [5.41, 5.74) is 1.22. The van der Waals surface area contributed by atoms with Crippen molar-refractivity contribution in [2.45, 2.75) is 26.8 Å². The molecule has 0 radical (unpaired) electrons. The van der Waals surface area contributed by atoms with E-state index in [1.165, 1.54) is 12.1 Å². The predicted molar refractivity (Wildman–Crippen MR) is 86.9 cm³/mol. The van der Waals surface area contributed by atoms with Gasteiger partial charge in [0.1, 0.15) is 0 Å². The normalized spacial score (nSPS) is 11.8. The molecular weight excluding hydrogens is 295 g/mol. The minimum atomic E-state index is -0.523. The first-order valence-corrected chi connectivity index (χ1v) is 7.72. The molecule has 23 heavy (non-hydrogen) atoms. The highest BCUT2D eigenvalue weighted by Gasteiger charge is 2.25. The molecule has 1 atom stereocenters. The number of rotatable bonds is 6. The number of para-hydroxylation sites is 1. The molecule has 0 saturated carbocycles. The van der Waals surface area contributed by atoms with Crippen LogP contribution >= 0.6 is 0 Å². The second-order valence-corrected chi connectivity index (χ2v) is 5.10. The Bertz CT molecular complexity index is 661. The number of carbonyl (C=O) groups is 1. The molecule has 0 unspecified atom stereocenters. The lowest BCUT2D eigenvalue weighted by Gasteiger charge is -2.29. The predicted octanol–water partition coefficient (Wildman–Crippen LogP) is 3.84. The molecule has 0 spiro atoms. The second kappa shape index (κ2) is 7.72. The molecule has 1 aromatic carbocycles. The summed E-state index contributed by atoms with van der Waals surface area (Å²) in [6.07, 6.45) is 3.38. The fourth-order valence-corrected chi connectivity index (χ4v) is 2.54. The molecule has 0 aliphatic heterocycles. The Hall–Kier alpha value is -2.43. The van der Waals surface area contributed by atoms with E-state index < -0.39 is 5.82 Å². The Labute approximate surface area is 135 Å². The summed E-state index contributed by atoms with van der Waals surface area (Å²) in [6, 6.07) is 8.01. The zero-order valence-electron chi connectivity index (χ0n) is 13.6. The van der Waals surface area contributed by atoms with Crippen molar-refractivity contribution < 1.29 is 13.9 Å². The van der Waals surface area contributed by atoms with Gasteiger partial charge in [-0.15, -0.1) is 0 Å². The number of hydrogen-bond donors (Lipinski definition) is 0. The summed E-state index contributed by atoms with van der Waals surface area (Å²) in [5.74, 6) is -0.759. The standard InChI is InChI=1S/C18H21FN2O2/c1-4-21(13(3)14-9-11-20-12-10-14)18(22)15-7-6-8-16(19)17(15)23-5-2/h6-13H,4-5H2,1-3H3/t13-/m0/s1. The molecule has 0 bridgehead atoms. The summed E-state index contributed by atoms with van der Waals surface area (Å²) in [6.45, 7) is 6.40. The van der Waals surface area contributed by atoms with Crippen molar-refractivity contribution in [3.8, 4) is 5.75 Å². The SMILES string of the molecule is CCOc1c(F)cccc1C(=O)N(CC)[C@@H](C)c1ccncc1. The number of aromatic nitrogens is 1. The topological polar surface area (TPSA) is 42.4 Å². The first kappa shape index (κ1) is 16.9. The number of carbonyl (C=O) groups excluding carboxylic acids is 1. The van der Waals surface area contributed by atoms with Crippen LogP contribution in [0.5, 0.6) is 5.75 Å². The van der Waals surface area contributed by atoms with Gasteiger partial charge in [-0.25, -0.2) is 4.39 Å². The number of benzene rings is 1. The quantitative estimate of drug-likeness (QED) is 0.813. The smallest absolute Gasteiger partial charge is 0.258 e. The maximum absolute atomic E-state index is 14.0. The van der Waals surface area contributed by atoms with E-state index in [0.717, 1.165) is 5.56 Å². The fraction of sp³-hybridized carbons (Fsp3) is 0.333. The molecular formula is C18H21FN2O2. The Morgan fingerprint density at radius 1 is 1.26 bits per heavy atom. The van der Waals surface area contributed by atoms with E-state index in [0.29, 0.717) is 13.2 Å². The van der Waals surface area contributed by atoms with E-state index in [-0.39, 0.29) is 23.3 Å². The van der Waals surface area contributed by atoms with Gasteiger partial charge in [-0.1, -0.05) is 6.07 Å². The van der Waals surface area contributed by atoms with Gasteiger partial charge in [-0.2, -0.15) is 0 Å². The van der Waals surface area contributed by atoms with Crippen LogP contribution in [0.4, 0.5) is 4.39 Å². The monoisotopic (exact) mass is 316 g/mol. The molecule has 0 fully saturated rings. The molecule has 1 heterocycles. The van der Waals surface area contributed by atoms with E-state index in [4.69, 9.17) is 4.74 Å². The maximum Gasteiger partial charge on any atom is 0.258 e. The highest BCUT2D eigenvalue weighted by molar-refractivity contribution is 5.97. The average molecular weight is 316 g/mol. The minimum Gasteiger partial charge on any atom is -0.490 e. The number of amides is 1. The largest absolute Gasteiger partial charge is 0.490 e. The fourth-order valence-electron chi connectivity index (χ4n) is 2.54. The zero-order valence-corrected chi connectivity index (χ0v) is 13.6. The third kappa shape index (κ3) is 3.67. The zero-order chi connectivity index (χ0) is 16.8. The van der Waals surface area contributed by atoms with Gasteiger partial charge >= 0.3 is 0 Å². The van der Waals surface area contributed by atoms with Gasteiger partial charge in [0.15, 0.2) is 11.6 Å². The molecule has 0 saturated heterocycles. The Morgan fingerprint density at radius 2 is 1.96 bits per heavy atom. The van der Waals surface area contributed by atoms with E-state index >= 15 is 0 Å². The maximum atomic E-state index is 14.0. The number of halogens is 1. The van der Waals surface area contributed by atoms with Crippen molar-refractivity contribution in [1.82, 2.24) is 9.88 Å². The average Bonchev–Trinajstić information content (AvgIpc) is 2.58. The van der Waals surface area contributed by atoms with Crippen LogP contribution in [0.15, 0.2) is 42.7 Å². The minimum absolute atomic E-state index is 0.0142. The Morgan fingerprint density at radius 3 is 2.57 bits per heavy atom. The van der Waals surface area contributed by atoms with Gasteiger partial charge in [-0.3, -0.25) is 9.78 Å². The van der Waals surface area contributed by atoms with E-state index in [9.17, 15) is 9.18 Å². The highest BCUT2D eigenvalue weighted by Crippen LogP contribution is 2.28. The molecule has 0 N–H and O–H groups in total. The third-order valence-electron chi connectivity index (χ3n) is 3.74. The number of hydrogen-bond acceptors (Lipinski definition) is 3. The Kier molecular flexibility index (Phi) is 5.68. The number of nitrogens with zero attached hydrogens (tertiary/aromatic N) is 2. The summed E-state index contributed by atoms with van der Waals surface area (Å²) in [5, 5.41) is 0. The lowest BCUT2D eigenvalue weighted by Crippen LogP contribution is -2.33. The van der Waals surface area contributed by atoms with Crippen LogP contribution < -0.4 is 4.74 Å². The highest BCUT2D eigenvalue weighted by atomic mass is 19.1. The van der Waals surface area contributed by atoms with Crippen LogP contribution in [-0.2, 0) is 0 Å². The third-order valence-corrected chi connectivity index (χ3v) is 3.74. The molecule has 1 aromatic heterocycles. The van der Waals surface area contributed by atoms with Crippen molar-refractivity contribution in [3.05, 3.63) is 59.7 Å². The van der Waals surface area contributed by atoms with Crippen molar-refractivity contribution in [2.24, 2.45) is 0 Å². The van der Waals surface area contributed by atoms with Crippen LogP contribution in [0, 0.1) is 5.82 Å². The molecule has 5 heteroatoms. The lowest BCUT2D eigenvalue weighted by molar-refractivity contribution is 0.0697. The first-order valence-electron chi connectivity index (χ1n) is 7.72. The molecule has 1 amide bonds. The summed E-state index contributed by atoms with van der Waals surface area (Å²) >= 11 is 0. The van der Waals surface area contributed by atoms with Crippen molar-refractivity contribution in [1.29, 1.82) is 0 Å². The van der Waals surface area contributed by atoms with Gasteiger partial charge < -0.3 is 9.64 Å². The van der Waals surface area contributed by atoms with E-state index in [1.807, 2.05) is 26.0 Å². The van der Waals surface area contributed by atoms with Gasteiger partial charge in [0.25, 0.3) is 5.91 Å². The van der Waals surface area contributed by atoms with Crippen LogP contribution in [0.25, 0.3) is 0 Å². The van der Waals surface area contributed by atoms with Crippen LogP contribution in [0.1, 0.15) is 42.7 Å².